The standard InChI is InChI=1S/C42H54N2O6/c1-27(2)43-37(47)44(25-29-12-13-31(49-5)22-33(29)50-6)26-41(48)19-16-35-39(41,4)18-15-34-38(3)17-14-30(45)23-40(38)20-21-42(34,35)32(24-40)36(46)28-10-8-7-9-11-28/h7-13,20-22,24,27,30,34-35,45,48H,14-19,23,25-26H2,1-6H3,(H,43,47)/t30?,34-,35-,38-,39+,40+,41-,42-/m1/s1. The molecule has 8 rings (SSSR count). The van der Waals surface area contributed by atoms with E-state index in [4.69, 9.17) is 9.47 Å². The van der Waals surface area contributed by atoms with Crippen molar-refractivity contribution < 1.29 is 29.3 Å². The number of methoxy groups -OCH3 is 2. The molecule has 2 spiro atoms. The van der Waals surface area contributed by atoms with E-state index in [1.54, 1.807) is 19.1 Å². The molecule has 2 amide bonds. The number of hydrogen-bond donors (Lipinski definition) is 3. The first-order valence-electron chi connectivity index (χ1n) is 18.5. The van der Waals surface area contributed by atoms with Crippen LogP contribution in [0.4, 0.5) is 4.79 Å². The smallest absolute Gasteiger partial charge is 0.317 e. The fourth-order valence-electron chi connectivity index (χ4n) is 11.4. The Labute approximate surface area is 296 Å². The van der Waals surface area contributed by atoms with E-state index in [0.717, 1.165) is 43.2 Å². The van der Waals surface area contributed by atoms with E-state index >= 15 is 0 Å². The van der Waals surface area contributed by atoms with Gasteiger partial charge in [0.2, 0.25) is 0 Å². The van der Waals surface area contributed by atoms with Crippen LogP contribution in [0.15, 0.2) is 72.3 Å². The number of fused-ring (bicyclic) bond motifs is 1. The van der Waals surface area contributed by atoms with Gasteiger partial charge in [-0.3, -0.25) is 4.79 Å². The maximum Gasteiger partial charge on any atom is 0.317 e. The van der Waals surface area contributed by atoms with Crippen LogP contribution in [0.2, 0.25) is 0 Å². The lowest BCUT2D eigenvalue weighted by atomic mass is 9.32. The zero-order valence-corrected chi connectivity index (χ0v) is 30.5. The summed E-state index contributed by atoms with van der Waals surface area (Å²) in [6.07, 6.45) is 11.7. The fourth-order valence-corrected chi connectivity index (χ4v) is 11.4. The Morgan fingerprint density at radius 3 is 2.34 bits per heavy atom. The van der Waals surface area contributed by atoms with Crippen molar-refractivity contribution in [2.24, 2.45) is 33.5 Å². The van der Waals surface area contributed by atoms with Gasteiger partial charge >= 0.3 is 6.03 Å². The highest BCUT2D eigenvalue weighted by Crippen LogP contribution is 2.78. The second kappa shape index (κ2) is 12.3. The van der Waals surface area contributed by atoms with Crippen LogP contribution in [0.5, 0.6) is 11.5 Å². The van der Waals surface area contributed by atoms with Crippen LogP contribution in [0.3, 0.4) is 0 Å². The molecule has 0 heterocycles. The normalized spacial score (nSPS) is 36.6. The molecule has 6 aliphatic rings. The molecule has 0 radical (unpaired) electrons. The van der Waals surface area contributed by atoms with Gasteiger partial charge in [0.1, 0.15) is 11.5 Å². The molecule has 2 bridgehead atoms. The Bertz CT molecular complexity index is 1720. The van der Waals surface area contributed by atoms with Crippen molar-refractivity contribution in [3.05, 3.63) is 83.5 Å². The summed E-state index contributed by atoms with van der Waals surface area (Å²) in [6, 6.07) is 14.8. The number of nitrogens with zero attached hydrogens (tertiary/aromatic N) is 1. The summed E-state index contributed by atoms with van der Waals surface area (Å²) >= 11 is 0. The molecule has 50 heavy (non-hydrogen) atoms. The number of amides is 2. The summed E-state index contributed by atoms with van der Waals surface area (Å²) < 4.78 is 11.1. The molecule has 6 aliphatic carbocycles. The van der Waals surface area contributed by atoms with E-state index in [0.29, 0.717) is 29.9 Å². The number of carbonyl (C=O) groups is 2. The first-order valence-corrected chi connectivity index (χ1v) is 18.5. The Morgan fingerprint density at radius 2 is 1.64 bits per heavy atom. The lowest BCUT2D eigenvalue weighted by molar-refractivity contribution is -0.174. The Morgan fingerprint density at radius 1 is 0.940 bits per heavy atom. The summed E-state index contributed by atoms with van der Waals surface area (Å²) in [5.41, 5.74) is -0.508. The minimum atomic E-state index is -1.20. The van der Waals surface area contributed by atoms with E-state index in [-0.39, 0.29) is 53.6 Å². The first kappa shape index (κ1) is 34.8. The van der Waals surface area contributed by atoms with Gasteiger partial charge in [-0.2, -0.15) is 0 Å². The van der Waals surface area contributed by atoms with Crippen molar-refractivity contribution >= 4 is 11.8 Å². The molecule has 3 fully saturated rings. The van der Waals surface area contributed by atoms with Gasteiger partial charge in [-0.15, -0.1) is 0 Å². The third-order valence-corrected chi connectivity index (χ3v) is 14.0. The van der Waals surface area contributed by atoms with Crippen molar-refractivity contribution in [2.75, 3.05) is 20.8 Å². The number of allylic oxidation sites excluding steroid dienone is 4. The molecule has 3 saturated carbocycles. The lowest BCUT2D eigenvalue weighted by Gasteiger charge is -2.71. The van der Waals surface area contributed by atoms with Crippen LogP contribution < -0.4 is 14.8 Å². The predicted octanol–water partition coefficient (Wildman–Crippen LogP) is 7.10. The molecule has 3 N–H and O–H groups in total. The van der Waals surface area contributed by atoms with Gasteiger partial charge in [-0.05, 0) is 88.2 Å². The number of ether oxygens (including phenoxy) is 2. The predicted molar refractivity (Wildman–Crippen MR) is 193 cm³/mol. The molecule has 1 unspecified atom stereocenters. The first-order chi connectivity index (χ1) is 23.8. The summed E-state index contributed by atoms with van der Waals surface area (Å²) in [5, 5.41) is 27.1. The maximum absolute atomic E-state index is 14.7. The molecular formula is C42H54N2O6. The van der Waals surface area contributed by atoms with Crippen molar-refractivity contribution in [1.29, 1.82) is 0 Å². The molecular weight excluding hydrogens is 628 g/mol. The largest absolute Gasteiger partial charge is 0.497 e. The molecule has 2 aromatic rings. The molecule has 268 valence electrons. The van der Waals surface area contributed by atoms with Crippen LogP contribution in [-0.4, -0.2) is 65.4 Å². The lowest BCUT2D eigenvalue weighted by Crippen LogP contribution is -2.67. The number of benzene rings is 2. The number of carbonyl (C=O) groups excluding carboxylic acids is 2. The van der Waals surface area contributed by atoms with Crippen molar-refractivity contribution in [2.45, 2.75) is 96.9 Å². The van der Waals surface area contributed by atoms with Crippen LogP contribution >= 0.6 is 0 Å². The van der Waals surface area contributed by atoms with Gasteiger partial charge in [-0.1, -0.05) is 62.4 Å². The molecule has 8 atom stereocenters. The summed E-state index contributed by atoms with van der Waals surface area (Å²) in [5.74, 6) is 1.51. The Balaban J connectivity index is 1.30. The van der Waals surface area contributed by atoms with Crippen molar-refractivity contribution in [3.8, 4) is 11.5 Å². The molecule has 2 aromatic carbocycles. The third-order valence-electron chi connectivity index (χ3n) is 14.0. The molecule has 0 aliphatic heterocycles. The van der Waals surface area contributed by atoms with E-state index in [9.17, 15) is 19.8 Å². The number of nitrogens with one attached hydrogen (secondary N) is 1. The minimum Gasteiger partial charge on any atom is -0.497 e. The third kappa shape index (κ3) is 4.99. The van der Waals surface area contributed by atoms with Gasteiger partial charge in [0, 0.05) is 45.1 Å². The monoisotopic (exact) mass is 682 g/mol. The van der Waals surface area contributed by atoms with Gasteiger partial charge in [0.05, 0.1) is 39.0 Å². The van der Waals surface area contributed by atoms with Crippen LogP contribution in [0.1, 0.15) is 88.6 Å². The van der Waals surface area contributed by atoms with Gasteiger partial charge in [0.15, 0.2) is 5.78 Å². The number of rotatable bonds is 9. The van der Waals surface area contributed by atoms with E-state index in [1.807, 2.05) is 62.4 Å². The second-order valence-electron chi connectivity index (χ2n) is 16.6. The zero-order valence-electron chi connectivity index (χ0n) is 30.5. The van der Waals surface area contributed by atoms with Crippen LogP contribution in [-0.2, 0) is 6.54 Å². The average Bonchev–Trinajstić information content (AvgIpc) is 3.37. The topological polar surface area (TPSA) is 108 Å². The number of aliphatic hydroxyl groups is 2. The average molecular weight is 683 g/mol. The highest BCUT2D eigenvalue weighted by Gasteiger charge is 2.74. The van der Waals surface area contributed by atoms with E-state index in [2.05, 4.69) is 37.4 Å². The van der Waals surface area contributed by atoms with Crippen LogP contribution in [0.25, 0.3) is 0 Å². The zero-order chi connectivity index (χ0) is 35.7. The van der Waals surface area contributed by atoms with E-state index in [1.165, 1.54) is 0 Å². The SMILES string of the molecule is COc1ccc(CN(C[C@]2(O)CC[C@H]3[C@]45C=C[C@@]6(C=C4C(=O)c4ccccc4)CC(O)CC[C@]6(C)[C@H]5CC[C@@]32C)C(=O)NC(C)C)c(OC)c1. The van der Waals surface area contributed by atoms with Gasteiger partial charge in [0.25, 0.3) is 0 Å². The Hall–Kier alpha value is -3.62. The van der Waals surface area contributed by atoms with Crippen molar-refractivity contribution in [1.82, 2.24) is 10.2 Å². The number of aliphatic hydroxyl groups excluding tert-OH is 1. The van der Waals surface area contributed by atoms with Crippen LogP contribution in [0, 0.1) is 33.5 Å². The van der Waals surface area contributed by atoms with Crippen molar-refractivity contribution in [3.63, 3.8) is 0 Å². The molecule has 8 nitrogen and oxygen atoms in total. The number of Topliss-reactive ketones (excluding diaryl/α,β-unsaturated/α-hetero) is 1. The summed E-state index contributed by atoms with van der Waals surface area (Å²) in [7, 11) is 3.22. The molecule has 0 aromatic heterocycles. The highest BCUT2D eigenvalue weighted by atomic mass is 16.5. The second-order valence-corrected chi connectivity index (χ2v) is 16.6. The number of hydrogen-bond acceptors (Lipinski definition) is 6. The summed E-state index contributed by atoms with van der Waals surface area (Å²) in [6.45, 7) is 8.89. The van der Waals surface area contributed by atoms with E-state index < -0.39 is 22.5 Å². The molecule has 0 saturated heterocycles. The fraction of sp³-hybridized carbons (Fsp3) is 0.571. The highest BCUT2D eigenvalue weighted by molar-refractivity contribution is 6.10. The molecule has 8 heteroatoms. The number of urea groups is 1. The quantitative estimate of drug-likeness (QED) is 0.193. The van der Waals surface area contributed by atoms with Gasteiger partial charge in [-0.25, -0.2) is 4.79 Å². The minimum absolute atomic E-state index is 0.0126. The maximum atomic E-state index is 14.7. The Kier molecular flexibility index (Phi) is 8.54. The van der Waals surface area contributed by atoms with Gasteiger partial charge < -0.3 is 29.9 Å². The number of ketones is 1. The summed E-state index contributed by atoms with van der Waals surface area (Å²) in [4.78, 5) is 30.4.